The third-order valence-corrected chi connectivity index (χ3v) is 4.44. The minimum Gasteiger partial charge on any atom is -0.372 e. The van der Waals surface area contributed by atoms with Crippen molar-refractivity contribution >= 4 is 28.9 Å². The normalized spacial score (nSPS) is 28.1. The highest BCUT2D eigenvalue weighted by molar-refractivity contribution is 8.18. The maximum absolute atomic E-state index is 12.1. The Morgan fingerprint density at radius 3 is 2.57 bits per heavy atom. The number of ether oxygens (including phenoxy) is 1. The molecule has 0 N–H and O–H groups in total. The minimum atomic E-state index is -0.148. The number of carbonyl (C=O) groups is 1. The molecule has 1 aromatic rings. The molecule has 3 rings (SSSR count). The molecule has 2 atom stereocenters. The summed E-state index contributed by atoms with van der Waals surface area (Å²) in [6.07, 6.45) is 2.22. The zero-order valence-electron chi connectivity index (χ0n) is 12.2. The van der Waals surface area contributed by atoms with Crippen molar-refractivity contribution in [1.29, 1.82) is 0 Å². The van der Waals surface area contributed by atoms with Gasteiger partial charge in [0.1, 0.15) is 0 Å². The highest BCUT2D eigenvalue weighted by atomic mass is 32.2. The smallest absolute Gasteiger partial charge is 0.286 e. The summed E-state index contributed by atoms with van der Waals surface area (Å²) < 4.78 is 5.72. The van der Waals surface area contributed by atoms with Crippen LogP contribution in [0.1, 0.15) is 19.4 Å². The molecule has 4 nitrogen and oxygen atoms in total. The van der Waals surface area contributed by atoms with Crippen LogP contribution in [0.4, 0.5) is 0 Å². The van der Waals surface area contributed by atoms with Crippen LogP contribution in [0.2, 0.25) is 0 Å². The molecule has 2 aliphatic heterocycles. The predicted octanol–water partition coefficient (Wildman–Crippen LogP) is 2.77. The van der Waals surface area contributed by atoms with E-state index in [0.29, 0.717) is 4.91 Å². The van der Waals surface area contributed by atoms with E-state index in [1.807, 2.05) is 50.3 Å². The molecule has 0 spiro atoms. The summed E-state index contributed by atoms with van der Waals surface area (Å²) in [6, 6.07) is 9.85. The number of amides is 1. The summed E-state index contributed by atoms with van der Waals surface area (Å²) in [6.45, 7) is 5.65. The Labute approximate surface area is 128 Å². The molecule has 1 aromatic carbocycles. The number of rotatable bonds is 1. The van der Waals surface area contributed by atoms with Gasteiger partial charge >= 0.3 is 0 Å². The molecule has 2 heterocycles. The van der Waals surface area contributed by atoms with Crippen molar-refractivity contribution in [1.82, 2.24) is 4.90 Å². The molecule has 5 heteroatoms. The maximum atomic E-state index is 12.1. The number of aliphatic imine (C=N–C) groups is 1. The van der Waals surface area contributed by atoms with Crippen molar-refractivity contribution in [3.8, 4) is 0 Å². The molecule has 0 aromatic heterocycles. The fourth-order valence-corrected chi connectivity index (χ4v) is 3.50. The Hall–Kier alpha value is -1.59. The van der Waals surface area contributed by atoms with Gasteiger partial charge in [-0.25, -0.2) is 0 Å². The first-order valence-electron chi connectivity index (χ1n) is 7.10. The predicted molar refractivity (Wildman–Crippen MR) is 86.0 cm³/mol. The molecule has 21 heavy (non-hydrogen) atoms. The van der Waals surface area contributed by atoms with Crippen molar-refractivity contribution in [3.05, 3.63) is 40.8 Å². The van der Waals surface area contributed by atoms with Gasteiger partial charge in [0, 0.05) is 13.1 Å². The number of amidine groups is 1. The summed E-state index contributed by atoms with van der Waals surface area (Å²) in [5.41, 5.74) is 1.02. The molecule has 0 saturated carbocycles. The second-order valence-corrected chi connectivity index (χ2v) is 6.39. The second kappa shape index (κ2) is 6.03. The molecule has 0 bridgehead atoms. The minimum absolute atomic E-state index is 0.148. The third kappa shape index (κ3) is 3.36. The first-order chi connectivity index (χ1) is 10.1. The Balaban J connectivity index is 1.74. The van der Waals surface area contributed by atoms with Gasteiger partial charge in [0.15, 0.2) is 5.17 Å². The van der Waals surface area contributed by atoms with Gasteiger partial charge in [-0.05, 0) is 37.2 Å². The molecule has 1 saturated heterocycles. The Morgan fingerprint density at radius 1 is 1.24 bits per heavy atom. The topological polar surface area (TPSA) is 41.9 Å². The lowest BCUT2D eigenvalue weighted by Gasteiger charge is -2.35. The summed E-state index contributed by atoms with van der Waals surface area (Å²) in [7, 11) is 0. The number of morpholine rings is 1. The average molecular weight is 302 g/mol. The van der Waals surface area contributed by atoms with Gasteiger partial charge < -0.3 is 9.64 Å². The first kappa shape index (κ1) is 14.4. The number of benzene rings is 1. The Kier molecular flexibility index (Phi) is 4.12. The number of nitrogens with zero attached hydrogens (tertiary/aromatic N) is 2. The van der Waals surface area contributed by atoms with Crippen molar-refractivity contribution in [2.45, 2.75) is 26.1 Å². The SMILES string of the molecule is CC1CN(C2=NC(=O)/C(=C\c3ccccc3)S2)CC(C)O1. The van der Waals surface area contributed by atoms with Crippen LogP contribution < -0.4 is 0 Å². The van der Waals surface area contributed by atoms with E-state index in [4.69, 9.17) is 4.74 Å². The highest BCUT2D eigenvalue weighted by Gasteiger charge is 2.30. The van der Waals surface area contributed by atoms with Gasteiger partial charge in [-0.3, -0.25) is 4.79 Å². The zero-order chi connectivity index (χ0) is 14.8. The van der Waals surface area contributed by atoms with Crippen molar-refractivity contribution < 1.29 is 9.53 Å². The molecule has 110 valence electrons. The van der Waals surface area contributed by atoms with Crippen LogP contribution in [-0.4, -0.2) is 41.3 Å². The molecule has 1 amide bonds. The van der Waals surface area contributed by atoms with E-state index in [9.17, 15) is 4.79 Å². The van der Waals surface area contributed by atoms with Crippen LogP contribution >= 0.6 is 11.8 Å². The van der Waals surface area contributed by atoms with E-state index in [0.717, 1.165) is 23.8 Å². The molecule has 2 unspecified atom stereocenters. The Bertz CT molecular complexity index is 588. The van der Waals surface area contributed by atoms with Crippen LogP contribution in [0.5, 0.6) is 0 Å². The van der Waals surface area contributed by atoms with Gasteiger partial charge in [0.25, 0.3) is 5.91 Å². The lowest BCUT2D eigenvalue weighted by Crippen LogP contribution is -2.47. The van der Waals surface area contributed by atoms with Crippen molar-refractivity contribution in [3.63, 3.8) is 0 Å². The van der Waals surface area contributed by atoms with E-state index in [1.54, 1.807) is 0 Å². The number of thioether (sulfide) groups is 1. The quantitative estimate of drug-likeness (QED) is 0.748. The molecule has 1 fully saturated rings. The largest absolute Gasteiger partial charge is 0.372 e. The van der Waals surface area contributed by atoms with Gasteiger partial charge in [0.05, 0.1) is 17.1 Å². The fraction of sp³-hybridized carbons (Fsp3) is 0.375. The molecule has 2 aliphatic rings. The summed E-state index contributed by atoms with van der Waals surface area (Å²) >= 11 is 1.46. The lowest BCUT2D eigenvalue weighted by molar-refractivity contribution is -0.113. The van der Waals surface area contributed by atoms with Crippen LogP contribution in [0.3, 0.4) is 0 Å². The monoisotopic (exact) mass is 302 g/mol. The summed E-state index contributed by atoms with van der Waals surface area (Å²) in [5, 5.41) is 0.796. The van der Waals surface area contributed by atoms with E-state index >= 15 is 0 Å². The average Bonchev–Trinajstić information content (AvgIpc) is 2.80. The molecular weight excluding hydrogens is 284 g/mol. The Morgan fingerprint density at radius 2 is 1.90 bits per heavy atom. The molecular formula is C16H18N2O2S. The maximum Gasteiger partial charge on any atom is 0.286 e. The van der Waals surface area contributed by atoms with E-state index in [1.165, 1.54) is 11.8 Å². The second-order valence-electron chi connectivity index (χ2n) is 5.38. The number of hydrogen-bond acceptors (Lipinski definition) is 4. The van der Waals surface area contributed by atoms with Gasteiger partial charge in [0.2, 0.25) is 0 Å². The van der Waals surface area contributed by atoms with Gasteiger partial charge in [-0.15, -0.1) is 0 Å². The van der Waals surface area contributed by atoms with E-state index in [-0.39, 0.29) is 18.1 Å². The van der Waals surface area contributed by atoms with Crippen molar-refractivity contribution in [2.24, 2.45) is 4.99 Å². The standard InChI is InChI=1S/C16H18N2O2S/c1-11-9-18(10-12(2)20-11)16-17-15(19)14(21-16)8-13-6-4-3-5-7-13/h3-8,11-12H,9-10H2,1-2H3/b14-8+. The third-order valence-electron chi connectivity index (χ3n) is 3.40. The lowest BCUT2D eigenvalue weighted by atomic mass is 10.2. The first-order valence-corrected chi connectivity index (χ1v) is 7.91. The number of carbonyl (C=O) groups excluding carboxylic acids is 1. The number of hydrogen-bond donors (Lipinski definition) is 0. The van der Waals surface area contributed by atoms with Gasteiger partial charge in [-0.1, -0.05) is 30.3 Å². The van der Waals surface area contributed by atoms with E-state index < -0.39 is 0 Å². The van der Waals surface area contributed by atoms with Crippen LogP contribution in [-0.2, 0) is 9.53 Å². The van der Waals surface area contributed by atoms with Crippen molar-refractivity contribution in [2.75, 3.05) is 13.1 Å². The van der Waals surface area contributed by atoms with E-state index in [2.05, 4.69) is 9.89 Å². The summed E-state index contributed by atoms with van der Waals surface area (Å²) in [5.74, 6) is -0.148. The van der Waals surface area contributed by atoms with Crippen LogP contribution in [0.15, 0.2) is 40.2 Å². The highest BCUT2D eigenvalue weighted by Crippen LogP contribution is 2.31. The van der Waals surface area contributed by atoms with Crippen LogP contribution in [0, 0.1) is 0 Å². The zero-order valence-corrected chi connectivity index (χ0v) is 13.0. The fourth-order valence-electron chi connectivity index (χ4n) is 2.57. The molecule has 0 radical (unpaired) electrons. The van der Waals surface area contributed by atoms with Crippen LogP contribution in [0.25, 0.3) is 6.08 Å². The summed E-state index contributed by atoms with van der Waals surface area (Å²) in [4.78, 5) is 19.1. The van der Waals surface area contributed by atoms with Gasteiger partial charge in [-0.2, -0.15) is 4.99 Å². The molecule has 0 aliphatic carbocycles.